The smallest absolute Gasteiger partial charge is 0.322 e. The zero-order chi connectivity index (χ0) is 20.9. The Morgan fingerprint density at radius 1 is 1.21 bits per heavy atom. The van der Waals surface area contributed by atoms with E-state index < -0.39 is 22.9 Å². The molecule has 1 aromatic rings. The molecule has 1 aliphatic rings. The number of ether oxygens (including phenoxy) is 2. The molecule has 1 heterocycles. The highest BCUT2D eigenvalue weighted by molar-refractivity contribution is 6.10. The molecular formula is C22H29NO5. The lowest BCUT2D eigenvalue weighted by molar-refractivity contribution is -0.178. The van der Waals surface area contributed by atoms with Crippen LogP contribution in [0.5, 0.6) is 5.75 Å². The van der Waals surface area contributed by atoms with Crippen molar-refractivity contribution in [2.24, 2.45) is 5.41 Å². The van der Waals surface area contributed by atoms with E-state index in [4.69, 9.17) is 9.47 Å². The topological polar surface area (TPSA) is 72.9 Å². The molecule has 0 bridgehead atoms. The van der Waals surface area contributed by atoms with Gasteiger partial charge in [-0.05, 0) is 57.7 Å². The fourth-order valence-corrected chi connectivity index (χ4v) is 3.19. The Labute approximate surface area is 166 Å². The van der Waals surface area contributed by atoms with Crippen molar-refractivity contribution in [3.63, 3.8) is 0 Å². The van der Waals surface area contributed by atoms with Gasteiger partial charge in [0, 0.05) is 13.5 Å². The normalized spacial score (nSPS) is 20.5. The van der Waals surface area contributed by atoms with Crippen LogP contribution >= 0.6 is 0 Å². The molecule has 0 spiro atoms. The van der Waals surface area contributed by atoms with Gasteiger partial charge in [-0.1, -0.05) is 24.3 Å². The molecule has 0 radical (unpaired) electrons. The number of hydrogen-bond acceptors (Lipinski definition) is 5. The van der Waals surface area contributed by atoms with Gasteiger partial charge in [0.25, 0.3) is 0 Å². The van der Waals surface area contributed by atoms with Gasteiger partial charge >= 0.3 is 5.97 Å². The number of piperidine rings is 1. The summed E-state index contributed by atoms with van der Waals surface area (Å²) in [4.78, 5) is 38.8. The number of carbonyl (C=O) groups is 3. The van der Waals surface area contributed by atoms with Gasteiger partial charge in [-0.2, -0.15) is 0 Å². The largest absolute Gasteiger partial charge is 0.497 e. The predicted molar refractivity (Wildman–Crippen MR) is 107 cm³/mol. The highest BCUT2D eigenvalue weighted by atomic mass is 16.6. The second-order valence-electron chi connectivity index (χ2n) is 8.06. The third-order valence-electron chi connectivity index (χ3n) is 4.81. The molecule has 0 aromatic heterocycles. The summed E-state index contributed by atoms with van der Waals surface area (Å²) in [5.74, 6) is -0.516. The third-order valence-corrected chi connectivity index (χ3v) is 4.81. The number of amides is 2. The minimum atomic E-state index is -1.32. The van der Waals surface area contributed by atoms with E-state index in [-0.39, 0.29) is 18.7 Å². The third kappa shape index (κ3) is 5.00. The van der Waals surface area contributed by atoms with E-state index in [2.05, 4.69) is 0 Å². The molecule has 1 saturated heterocycles. The molecule has 2 rings (SSSR count). The first-order chi connectivity index (χ1) is 13.1. The van der Waals surface area contributed by atoms with Crippen LogP contribution in [0.2, 0.25) is 0 Å². The van der Waals surface area contributed by atoms with E-state index in [1.54, 1.807) is 27.9 Å². The van der Waals surface area contributed by atoms with Crippen molar-refractivity contribution in [2.75, 3.05) is 14.2 Å². The zero-order valence-electron chi connectivity index (χ0n) is 17.3. The van der Waals surface area contributed by atoms with Crippen LogP contribution in [0.4, 0.5) is 0 Å². The molecule has 0 aliphatic carbocycles. The first-order valence-electron chi connectivity index (χ1n) is 9.44. The Bertz CT molecular complexity index is 760. The van der Waals surface area contributed by atoms with Crippen LogP contribution in [0, 0.1) is 5.41 Å². The number of nitrogens with zero attached hydrogens (tertiary/aromatic N) is 1. The van der Waals surface area contributed by atoms with Crippen LogP contribution in [-0.2, 0) is 19.1 Å². The Balaban J connectivity index is 2.15. The van der Waals surface area contributed by atoms with Crippen molar-refractivity contribution in [3.05, 3.63) is 35.9 Å². The maximum absolute atomic E-state index is 12.9. The summed E-state index contributed by atoms with van der Waals surface area (Å²) in [5.41, 5.74) is -1.03. The lowest BCUT2D eigenvalue weighted by Crippen LogP contribution is -2.55. The Kier molecular flexibility index (Phi) is 6.65. The van der Waals surface area contributed by atoms with Gasteiger partial charge in [-0.3, -0.25) is 19.3 Å². The van der Waals surface area contributed by atoms with Crippen molar-refractivity contribution >= 4 is 23.9 Å². The van der Waals surface area contributed by atoms with Crippen LogP contribution in [0.3, 0.4) is 0 Å². The molecule has 0 saturated carbocycles. The molecule has 1 aliphatic heterocycles. The van der Waals surface area contributed by atoms with E-state index in [9.17, 15) is 14.4 Å². The molecule has 6 nitrogen and oxygen atoms in total. The maximum Gasteiger partial charge on any atom is 0.322 e. The van der Waals surface area contributed by atoms with E-state index >= 15 is 0 Å². The van der Waals surface area contributed by atoms with E-state index in [1.807, 2.05) is 36.4 Å². The number of esters is 1. The number of methoxy groups -OCH3 is 1. The minimum Gasteiger partial charge on any atom is -0.497 e. The first-order valence-corrected chi connectivity index (χ1v) is 9.44. The average Bonchev–Trinajstić information content (AvgIpc) is 2.64. The second kappa shape index (κ2) is 8.59. The summed E-state index contributed by atoms with van der Waals surface area (Å²) in [6, 6.07) is 7.59. The van der Waals surface area contributed by atoms with Crippen LogP contribution in [-0.4, -0.2) is 42.4 Å². The summed E-state index contributed by atoms with van der Waals surface area (Å²) in [6.07, 6.45) is 5.01. The highest BCUT2D eigenvalue weighted by Gasteiger charge is 2.52. The van der Waals surface area contributed by atoms with Crippen LogP contribution in [0.15, 0.2) is 30.3 Å². The molecule has 6 heteroatoms. The predicted octanol–water partition coefficient (Wildman–Crippen LogP) is 3.60. The van der Waals surface area contributed by atoms with Crippen molar-refractivity contribution in [3.8, 4) is 5.75 Å². The number of hydrogen-bond donors (Lipinski definition) is 0. The molecule has 152 valence electrons. The van der Waals surface area contributed by atoms with Crippen LogP contribution in [0.1, 0.15) is 52.0 Å². The first kappa shape index (κ1) is 21.7. The number of imide groups is 1. The van der Waals surface area contributed by atoms with Crippen molar-refractivity contribution in [1.82, 2.24) is 4.90 Å². The summed E-state index contributed by atoms with van der Waals surface area (Å²) in [6.45, 7) is 5.30. The van der Waals surface area contributed by atoms with Gasteiger partial charge in [0.05, 0.1) is 7.11 Å². The fourth-order valence-electron chi connectivity index (χ4n) is 3.19. The van der Waals surface area contributed by atoms with Gasteiger partial charge < -0.3 is 9.47 Å². The van der Waals surface area contributed by atoms with Gasteiger partial charge in [-0.15, -0.1) is 0 Å². The van der Waals surface area contributed by atoms with E-state index in [0.29, 0.717) is 12.8 Å². The lowest BCUT2D eigenvalue weighted by Gasteiger charge is -2.38. The molecule has 0 N–H and O–H groups in total. The summed E-state index contributed by atoms with van der Waals surface area (Å²) in [7, 11) is 3.04. The molecule has 1 unspecified atom stereocenters. The second-order valence-corrected chi connectivity index (χ2v) is 8.06. The van der Waals surface area contributed by atoms with Crippen LogP contribution in [0.25, 0.3) is 6.08 Å². The van der Waals surface area contributed by atoms with Crippen LogP contribution < -0.4 is 4.74 Å². The molecule has 2 amide bonds. The molecule has 28 heavy (non-hydrogen) atoms. The Hall–Kier alpha value is -2.63. The van der Waals surface area contributed by atoms with Crippen molar-refractivity contribution in [2.45, 2.75) is 52.1 Å². The minimum absolute atomic E-state index is 0.156. The quantitative estimate of drug-likeness (QED) is 0.424. The molecular weight excluding hydrogens is 358 g/mol. The van der Waals surface area contributed by atoms with Gasteiger partial charge in [0.1, 0.15) is 16.8 Å². The molecule has 1 fully saturated rings. The number of carbonyl (C=O) groups excluding carboxylic acids is 3. The molecule has 1 aromatic carbocycles. The number of allylic oxidation sites excluding steroid dienone is 1. The lowest BCUT2D eigenvalue weighted by atomic mass is 9.75. The number of rotatable bonds is 6. The Morgan fingerprint density at radius 2 is 1.86 bits per heavy atom. The maximum atomic E-state index is 12.9. The van der Waals surface area contributed by atoms with Gasteiger partial charge in [0.15, 0.2) is 0 Å². The number of benzene rings is 1. The van der Waals surface area contributed by atoms with E-state index in [1.165, 1.54) is 7.05 Å². The van der Waals surface area contributed by atoms with E-state index in [0.717, 1.165) is 16.2 Å². The van der Waals surface area contributed by atoms with Gasteiger partial charge in [-0.25, -0.2) is 0 Å². The monoisotopic (exact) mass is 387 g/mol. The summed E-state index contributed by atoms with van der Waals surface area (Å²) < 4.78 is 10.7. The average molecular weight is 387 g/mol. The molecule has 1 atom stereocenters. The summed E-state index contributed by atoms with van der Waals surface area (Å²) in [5, 5.41) is 0. The Morgan fingerprint density at radius 3 is 2.43 bits per heavy atom. The number of likely N-dealkylation sites (tertiary alicyclic amines) is 1. The summed E-state index contributed by atoms with van der Waals surface area (Å²) >= 11 is 0. The SMILES string of the molecule is COc1ccc(/C=C/CCC2(C(=O)OC(C)(C)C)CCC(=O)N(C)C2=O)cc1. The van der Waals surface area contributed by atoms with Crippen molar-refractivity contribution < 1.29 is 23.9 Å². The highest BCUT2D eigenvalue weighted by Crippen LogP contribution is 2.38. The van der Waals surface area contributed by atoms with Gasteiger partial charge in [0.2, 0.25) is 11.8 Å². The standard InChI is InChI=1S/C22H29NO5/c1-21(2,3)28-20(26)22(15-13-18(24)23(4)19(22)25)14-7-6-8-16-9-11-17(27-5)12-10-16/h6,8-12H,7,13-15H2,1-5H3/b8-6+. The van der Waals surface area contributed by atoms with Crippen molar-refractivity contribution in [1.29, 1.82) is 0 Å². The fraction of sp³-hybridized carbons (Fsp3) is 0.500. The zero-order valence-corrected chi connectivity index (χ0v) is 17.3.